The molecule has 204 valence electrons. The lowest BCUT2D eigenvalue weighted by Crippen LogP contribution is -2.41. The topological polar surface area (TPSA) is 82.9 Å². The van der Waals surface area contributed by atoms with Crippen molar-refractivity contribution in [1.29, 1.82) is 0 Å². The van der Waals surface area contributed by atoms with Crippen LogP contribution in [0.5, 0.6) is 5.75 Å². The fraction of sp³-hybridized carbons (Fsp3) is 0.448. The molecule has 38 heavy (non-hydrogen) atoms. The zero-order valence-corrected chi connectivity index (χ0v) is 23.1. The Labute approximate surface area is 232 Å². The number of pyridine rings is 1. The van der Waals surface area contributed by atoms with E-state index in [1.807, 2.05) is 18.2 Å². The molecular weight excluding hydrogens is 527 g/mol. The number of thioether (sulfide) groups is 1. The van der Waals surface area contributed by atoms with Gasteiger partial charge in [-0.2, -0.15) is 0 Å². The standard InChI is InChI=1S/C29H34ClFN2O4S/c1-37-21-5-8-25-23(17-21)28(24(30)19-32-25)26(34)9-10-29(18-27(35)36)11-14-33(15-12-29)13-2-16-38-22-6-3-20(31)4-7-22/h3-8,17,19,26,34H,2,9-16,18H2,1H3,(H,35,36)/t26-/m1/s1. The summed E-state index contributed by atoms with van der Waals surface area (Å²) in [4.78, 5) is 19.6. The highest BCUT2D eigenvalue weighted by atomic mass is 35.5. The Kier molecular flexibility index (Phi) is 9.87. The van der Waals surface area contributed by atoms with Crippen molar-refractivity contribution in [3.05, 3.63) is 65.1 Å². The Bertz CT molecular complexity index is 1240. The molecule has 1 atom stereocenters. The molecule has 1 saturated heterocycles. The molecule has 9 heteroatoms. The number of hydrogen-bond donors (Lipinski definition) is 2. The number of halogens is 2. The Morgan fingerprint density at radius 2 is 1.97 bits per heavy atom. The third-order valence-corrected chi connectivity index (χ3v) is 8.89. The molecule has 0 radical (unpaired) electrons. The molecule has 0 bridgehead atoms. The second kappa shape index (κ2) is 13.1. The predicted molar refractivity (Wildman–Crippen MR) is 150 cm³/mol. The summed E-state index contributed by atoms with van der Waals surface area (Å²) in [6.45, 7) is 2.61. The second-order valence-electron chi connectivity index (χ2n) is 10.0. The van der Waals surface area contributed by atoms with E-state index in [0.29, 0.717) is 29.2 Å². The fourth-order valence-electron chi connectivity index (χ4n) is 5.32. The molecule has 0 saturated carbocycles. The first kappa shape index (κ1) is 28.6. The lowest BCUT2D eigenvalue weighted by atomic mass is 9.71. The number of methoxy groups -OCH3 is 1. The van der Waals surface area contributed by atoms with E-state index in [-0.39, 0.29) is 17.7 Å². The largest absolute Gasteiger partial charge is 0.497 e. The number of aliphatic hydroxyl groups excluding tert-OH is 1. The first-order valence-corrected chi connectivity index (χ1v) is 14.3. The number of aromatic nitrogens is 1. The van der Waals surface area contributed by atoms with Gasteiger partial charge in [0.15, 0.2) is 0 Å². The van der Waals surface area contributed by atoms with Gasteiger partial charge >= 0.3 is 5.97 Å². The smallest absolute Gasteiger partial charge is 0.303 e. The van der Waals surface area contributed by atoms with Crippen LogP contribution in [0.1, 0.15) is 50.2 Å². The van der Waals surface area contributed by atoms with Gasteiger partial charge in [-0.25, -0.2) is 4.39 Å². The normalized spacial score (nSPS) is 16.4. The maximum Gasteiger partial charge on any atom is 0.303 e. The number of aliphatic carboxylic acids is 1. The van der Waals surface area contributed by atoms with Crippen LogP contribution >= 0.6 is 23.4 Å². The van der Waals surface area contributed by atoms with Gasteiger partial charge in [-0.3, -0.25) is 9.78 Å². The van der Waals surface area contributed by atoms with E-state index < -0.39 is 12.1 Å². The molecule has 0 aliphatic carbocycles. The van der Waals surface area contributed by atoms with Crippen LogP contribution in [0.15, 0.2) is 53.6 Å². The summed E-state index contributed by atoms with van der Waals surface area (Å²) in [7, 11) is 1.58. The number of benzene rings is 2. The van der Waals surface area contributed by atoms with Gasteiger partial charge in [0.1, 0.15) is 11.6 Å². The molecule has 2 aromatic carbocycles. The zero-order chi connectivity index (χ0) is 27.1. The number of rotatable bonds is 12. The minimum Gasteiger partial charge on any atom is -0.497 e. The van der Waals surface area contributed by atoms with Gasteiger partial charge in [0.05, 0.1) is 30.2 Å². The van der Waals surface area contributed by atoms with Gasteiger partial charge in [0.2, 0.25) is 0 Å². The van der Waals surface area contributed by atoms with Gasteiger partial charge < -0.3 is 19.8 Å². The molecule has 6 nitrogen and oxygen atoms in total. The highest BCUT2D eigenvalue weighted by molar-refractivity contribution is 7.99. The number of nitrogens with zero attached hydrogens (tertiary/aromatic N) is 2. The van der Waals surface area contributed by atoms with Crippen molar-refractivity contribution in [2.24, 2.45) is 5.41 Å². The third-order valence-electron chi connectivity index (χ3n) is 7.49. The van der Waals surface area contributed by atoms with Crippen LogP contribution in [0.2, 0.25) is 5.02 Å². The molecule has 2 heterocycles. The number of ether oxygens (including phenoxy) is 1. The van der Waals surface area contributed by atoms with Crippen molar-refractivity contribution in [2.45, 2.75) is 49.5 Å². The van der Waals surface area contributed by atoms with E-state index in [1.165, 1.54) is 12.1 Å². The third kappa shape index (κ3) is 7.38. The lowest BCUT2D eigenvalue weighted by molar-refractivity contribution is -0.141. The Balaban J connectivity index is 1.34. The maximum atomic E-state index is 13.1. The summed E-state index contributed by atoms with van der Waals surface area (Å²) >= 11 is 8.19. The molecular formula is C29H34ClFN2O4S. The molecule has 1 aliphatic rings. The quantitative estimate of drug-likeness (QED) is 0.191. The molecule has 4 rings (SSSR count). The number of aliphatic hydroxyl groups is 1. The molecule has 0 amide bonds. The Morgan fingerprint density at radius 3 is 2.66 bits per heavy atom. The van der Waals surface area contributed by atoms with E-state index in [2.05, 4.69) is 9.88 Å². The molecule has 0 spiro atoms. The van der Waals surface area contributed by atoms with E-state index >= 15 is 0 Å². The van der Waals surface area contributed by atoms with Crippen molar-refractivity contribution in [3.63, 3.8) is 0 Å². The van der Waals surface area contributed by atoms with Crippen LogP contribution in [0, 0.1) is 11.2 Å². The number of likely N-dealkylation sites (tertiary alicyclic amines) is 1. The monoisotopic (exact) mass is 560 g/mol. The van der Waals surface area contributed by atoms with Gasteiger partial charge in [-0.1, -0.05) is 11.6 Å². The highest BCUT2D eigenvalue weighted by Gasteiger charge is 2.37. The first-order chi connectivity index (χ1) is 18.3. The summed E-state index contributed by atoms with van der Waals surface area (Å²) in [5, 5.41) is 22.0. The van der Waals surface area contributed by atoms with Crippen molar-refractivity contribution in [3.8, 4) is 5.75 Å². The Morgan fingerprint density at radius 1 is 1.24 bits per heavy atom. The van der Waals surface area contributed by atoms with E-state index in [1.54, 1.807) is 37.2 Å². The van der Waals surface area contributed by atoms with Crippen LogP contribution in [0.25, 0.3) is 10.9 Å². The van der Waals surface area contributed by atoms with Crippen molar-refractivity contribution < 1.29 is 24.1 Å². The van der Waals surface area contributed by atoms with Gasteiger partial charge in [0.25, 0.3) is 0 Å². The number of hydrogen-bond acceptors (Lipinski definition) is 6. The van der Waals surface area contributed by atoms with Crippen LogP contribution in [0.4, 0.5) is 4.39 Å². The van der Waals surface area contributed by atoms with Crippen molar-refractivity contribution >= 4 is 40.2 Å². The average molecular weight is 561 g/mol. The summed E-state index contributed by atoms with van der Waals surface area (Å²) < 4.78 is 18.4. The highest BCUT2D eigenvalue weighted by Crippen LogP contribution is 2.43. The molecule has 1 aromatic heterocycles. The molecule has 1 fully saturated rings. The van der Waals surface area contributed by atoms with E-state index in [9.17, 15) is 19.4 Å². The fourth-order valence-corrected chi connectivity index (χ4v) is 6.43. The Hall–Kier alpha value is -2.39. The van der Waals surface area contributed by atoms with Gasteiger partial charge in [0, 0.05) is 22.0 Å². The van der Waals surface area contributed by atoms with E-state index in [4.69, 9.17) is 16.3 Å². The maximum absolute atomic E-state index is 13.1. The second-order valence-corrected chi connectivity index (χ2v) is 11.6. The number of carboxylic acids is 1. The van der Waals surface area contributed by atoms with Crippen molar-refractivity contribution in [1.82, 2.24) is 9.88 Å². The predicted octanol–water partition coefficient (Wildman–Crippen LogP) is 6.59. The van der Waals surface area contributed by atoms with Gasteiger partial charge in [-0.05, 0) is 105 Å². The van der Waals surface area contributed by atoms with Crippen molar-refractivity contribution in [2.75, 3.05) is 32.5 Å². The number of fused-ring (bicyclic) bond motifs is 1. The minimum atomic E-state index is -0.840. The van der Waals surface area contributed by atoms with Crippen LogP contribution < -0.4 is 4.74 Å². The number of piperidine rings is 1. The number of carboxylic acid groups (broad SMARTS) is 1. The summed E-state index contributed by atoms with van der Waals surface area (Å²) in [6, 6.07) is 12.0. The summed E-state index contributed by atoms with van der Waals surface area (Å²) in [5.74, 6) is 0.569. The van der Waals surface area contributed by atoms with Gasteiger partial charge in [-0.15, -0.1) is 11.8 Å². The zero-order valence-electron chi connectivity index (χ0n) is 21.5. The van der Waals surface area contributed by atoms with Crippen LogP contribution in [-0.2, 0) is 4.79 Å². The van der Waals surface area contributed by atoms with Crippen LogP contribution in [0.3, 0.4) is 0 Å². The minimum absolute atomic E-state index is 0.0899. The average Bonchev–Trinajstić information content (AvgIpc) is 2.91. The molecule has 3 aromatic rings. The SMILES string of the molecule is COc1ccc2ncc(Cl)c([C@H](O)CCC3(CC(=O)O)CCN(CCCSc4ccc(F)cc4)CC3)c2c1. The number of carbonyl (C=O) groups is 1. The first-order valence-electron chi connectivity index (χ1n) is 12.9. The van der Waals surface area contributed by atoms with Crippen LogP contribution in [-0.4, -0.2) is 58.6 Å². The summed E-state index contributed by atoms with van der Waals surface area (Å²) in [6.07, 6.45) is 4.36. The molecule has 0 unspecified atom stereocenters. The molecule has 1 aliphatic heterocycles. The molecule has 2 N–H and O–H groups in total. The van der Waals surface area contributed by atoms with E-state index in [0.717, 1.165) is 60.4 Å². The summed E-state index contributed by atoms with van der Waals surface area (Å²) in [5.41, 5.74) is 0.964. The lowest BCUT2D eigenvalue weighted by Gasteiger charge is -2.41.